The molecule has 0 spiro atoms. The van der Waals surface area contributed by atoms with E-state index in [1.807, 2.05) is 37.4 Å². The molecule has 8 rings (SSSR count). The van der Waals surface area contributed by atoms with Crippen molar-refractivity contribution in [3.63, 3.8) is 0 Å². The summed E-state index contributed by atoms with van der Waals surface area (Å²) in [6, 6.07) is 12.5. The number of carbonyl (C=O) groups excluding carboxylic acids is 3. The van der Waals surface area contributed by atoms with E-state index in [0.717, 1.165) is 30.0 Å². The van der Waals surface area contributed by atoms with E-state index in [4.69, 9.17) is 19.4 Å². The smallest absolute Gasteiger partial charge is 0.330 e. The molecule has 2 aliphatic carbocycles. The lowest BCUT2D eigenvalue weighted by molar-refractivity contribution is -0.145. The fourth-order valence-electron chi connectivity index (χ4n) is 8.87. The summed E-state index contributed by atoms with van der Waals surface area (Å²) in [6.45, 7) is 3.91. The minimum atomic E-state index is -3.88. The van der Waals surface area contributed by atoms with Crippen molar-refractivity contribution in [2.24, 2.45) is 5.92 Å². The van der Waals surface area contributed by atoms with Crippen molar-refractivity contribution in [2.45, 2.75) is 113 Å². The van der Waals surface area contributed by atoms with Crippen LogP contribution in [0.25, 0.3) is 22.3 Å². The molecule has 4 aromatic rings. The second-order valence-electron chi connectivity index (χ2n) is 18.0. The Morgan fingerprint density at radius 2 is 1.84 bits per heavy atom. The molecule has 0 radical (unpaired) electrons. The number of carboxylic acid groups (broad SMARTS) is 1. The lowest BCUT2D eigenvalue weighted by atomic mass is 9.90. The van der Waals surface area contributed by atoms with E-state index in [0.29, 0.717) is 65.2 Å². The van der Waals surface area contributed by atoms with Crippen LogP contribution in [0.2, 0.25) is 0 Å². The van der Waals surface area contributed by atoms with E-state index < -0.39 is 63.5 Å². The number of likely N-dealkylation sites (N-methyl/N-ethyl adjacent to an activating group) is 1. The molecule has 17 nitrogen and oxygen atoms in total. The quantitative estimate of drug-likeness (QED) is 0.0914. The molecular weight excluding hydrogens is 897 g/mol. The Bertz CT molecular complexity index is 2680. The molecule has 4 heterocycles. The molecule has 3 fully saturated rings. The summed E-state index contributed by atoms with van der Waals surface area (Å²) in [4.78, 5) is 67.4. The number of ether oxygens (including phenoxy) is 2. The SMILES string of the molecule is COc1ccc2c(O[C@@H]3C[C@H]4C(=O)N[C@]5(C(=O)O)CC5/C=C\CCCCC[C@H](NC(=O)NC(CN(C)S(=O)(=O)c5ccccc5)=C5CCC5)C(=O)N4C3)cc(-c3csc(NC(C)C)n3)nc2c1. The molecular formula is C48H58N8O9S2. The van der Waals surface area contributed by atoms with Crippen LogP contribution in [0.15, 0.2) is 88.3 Å². The summed E-state index contributed by atoms with van der Waals surface area (Å²) in [5.74, 6) is -1.69. The maximum Gasteiger partial charge on any atom is 0.330 e. The molecule has 2 aromatic carbocycles. The lowest BCUT2D eigenvalue weighted by Crippen LogP contribution is -2.57. The first-order valence-corrected chi connectivity index (χ1v) is 25.2. The first-order chi connectivity index (χ1) is 32.1. The van der Waals surface area contributed by atoms with E-state index in [9.17, 15) is 32.7 Å². The Labute approximate surface area is 394 Å². The third kappa shape index (κ3) is 10.6. The van der Waals surface area contributed by atoms with Gasteiger partial charge in [0.1, 0.15) is 40.9 Å². The number of pyridine rings is 1. The third-order valence-electron chi connectivity index (χ3n) is 12.9. The first-order valence-electron chi connectivity index (χ1n) is 22.9. The number of aromatic nitrogens is 2. The number of urea groups is 1. The number of rotatable bonds is 13. The van der Waals surface area contributed by atoms with Crippen LogP contribution in [0, 0.1) is 5.92 Å². The van der Waals surface area contributed by atoms with Crippen molar-refractivity contribution in [2.75, 3.05) is 32.6 Å². The number of carboxylic acids is 1. The molecule has 2 aromatic heterocycles. The zero-order valence-electron chi connectivity index (χ0n) is 38.1. The van der Waals surface area contributed by atoms with Crippen LogP contribution in [0.1, 0.15) is 78.1 Å². The van der Waals surface area contributed by atoms with Gasteiger partial charge in [0.25, 0.3) is 0 Å². The third-order valence-corrected chi connectivity index (χ3v) is 15.4. The van der Waals surface area contributed by atoms with Crippen molar-refractivity contribution in [3.8, 4) is 22.9 Å². The Morgan fingerprint density at radius 1 is 1.04 bits per heavy atom. The number of nitrogens with one attached hydrogen (secondary N) is 4. The fraction of sp³-hybridized carbons (Fsp3) is 0.458. The maximum absolute atomic E-state index is 15.0. The van der Waals surface area contributed by atoms with E-state index >= 15 is 0 Å². The summed E-state index contributed by atoms with van der Waals surface area (Å²) in [5, 5.41) is 25.6. The monoisotopic (exact) mass is 954 g/mol. The predicted octanol–water partition coefficient (Wildman–Crippen LogP) is 6.44. The number of benzene rings is 2. The van der Waals surface area contributed by atoms with E-state index in [1.165, 1.54) is 39.7 Å². The van der Waals surface area contributed by atoms with Gasteiger partial charge in [-0.25, -0.2) is 28.0 Å². The zero-order valence-corrected chi connectivity index (χ0v) is 39.8. The van der Waals surface area contributed by atoms with Gasteiger partial charge in [0.15, 0.2) is 5.13 Å². The summed E-state index contributed by atoms with van der Waals surface area (Å²) < 4.78 is 40.5. The van der Waals surface area contributed by atoms with Crippen LogP contribution in [-0.2, 0) is 24.4 Å². The molecule has 67 heavy (non-hydrogen) atoms. The number of amides is 4. The van der Waals surface area contributed by atoms with E-state index in [1.54, 1.807) is 43.5 Å². The van der Waals surface area contributed by atoms with Gasteiger partial charge in [-0.3, -0.25) is 9.59 Å². The lowest BCUT2D eigenvalue weighted by Gasteiger charge is -2.30. The van der Waals surface area contributed by atoms with E-state index in [2.05, 4.69) is 21.3 Å². The maximum atomic E-state index is 15.0. The number of methoxy groups -OCH3 is 1. The number of anilines is 1. The number of carbonyl (C=O) groups is 4. The number of fused-ring (bicyclic) bond motifs is 3. The Kier molecular flexibility index (Phi) is 14.2. The molecule has 19 heteroatoms. The second-order valence-corrected chi connectivity index (χ2v) is 20.9. The largest absolute Gasteiger partial charge is 0.497 e. The van der Waals surface area contributed by atoms with Crippen LogP contribution in [0.4, 0.5) is 9.93 Å². The Balaban J connectivity index is 1.08. The molecule has 1 saturated heterocycles. The number of thiazole rings is 1. The molecule has 1 unspecified atom stereocenters. The number of allylic oxidation sites excluding steroid dienone is 2. The van der Waals surface area contributed by atoms with Gasteiger partial charge in [-0.15, -0.1) is 11.3 Å². The average Bonchev–Trinajstić information content (AvgIpc) is 3.54. The number of aliphatic carboxylic acids is 1. The summed E-state index contributed by atoms with van der Waals surface area (Å²) in [6.07, 6.45) is 8.60. The minimum Gasteiger partial charge on any atom is -0.497 e. The van der Waals surface area contributed by atoms with Crippen LogP contribution in [-0.4, -0.2) is 114 Å². The highest BCUT2D eigenvalue weighted by atomic mass is 32.2. The van der Waals surface area contributed by atoms with Crippen LogP contribution in [0.5, 0.6) is 11.5 Å². The van der Waals surface area contributed by atoms with Gasteiger partial charge >= 0.3 is 12.0 Å². The fourth-order valence-corrected chi connectivity index (χ4v) is 10.9. The normalized spacial score (nSPS) is 23.8. The standard InChI is InChI=1S/C48H58N8O9S2/c1-29(2)49-47-53-40(28-66-47)38-24-42(35-21-20-32(64-4)22-37(35)50-38)65-33-23-41-43(57)54-48(45(59)60)25-31(48)16-9-6-5-7-12-19-36(44(58)56(41)26-33)51-46(61)52-39(30-14-13-15-30)27-55(3)67(62,63)34-17-10-8-11-18-34/h8-11,16-18,20-22,24,28-29,31,33,36,41H,5-7,12-15,19,23,25-27H2,1-4H3,(H,49,53)(H,54,57)(H,59,60)(H2,51,52,61)/b16-9-/t31?,33-,36+,41+,48-/m1/s1. The number of nitrogens with zero attached hydrogens (tertiary/aromatic N) is 4. The number of hydrogen-bond donors (Lipinski definition) is 5. The van der Waals surface area contributed by atoms with Crippen molar-refractivity contribution >= 4 is 61.2 Å². The molecule has 0 bridgehead atoms. The first kappa shape index (κ1) is 47.4. The molecule has 5 N–H and O–H groups in total. The van der Waals surface area contributed by atoms with Crippen molar-refractivity contribution in [3.05, 3.63) is 83.4 Å². The molecule has 356 valence electrons. The molecule has 4 amide bonds. The van der Waals surface area contributed by atoms with Crippen LogP contribution >= 0.6 is 11.3 Å². The van der Waals surface area contributed by atoms with Gasteiger partial charge in [-0.05, 0) is 88.6 Å². The van der Waals surface area contributed by atoms with Crippen molar-refractivity contribution in [1.82, 2.24) is 35.1 Å². The van der Waals surface area contributed by atoms with Crippen molar-refractivity contribution < 1.29 is 42.2 Å². The van der Waals surface area contributed by atoms with Gasteiger partial charge in [0.2, 0.25) is 21.8 Å². The van der Waals surface area contributed by atoms with Gasteiger partial charge < -0.3 is 40.7 Å². The highest BCUT2D eigenvalue weighted by Crippen LogP contribution is 2.46. The van der Waals surface area contributed by atoms with Gasteiger partial charge in [-0.2, -0.15) is 4.31 Å². The summed E-state index contributed by atoms with van der Waals surface area (Å²) >= 11 is 1.45. The molecule has 5 atom stereocenters. The van der Waals surface area contributed by atoms with Gasteiger partial charge in [-0.1, -0.05) is 43.2 Å². The van der Waals surface area contributed by atoms with E-state index in [-0.39, 0.29) is 43.3 Å². The Hall–Kier alpha value is -6.05. The molecule has 4 aliphatic rings. The van der Waals surface area contributed by atoms with Crippen LogP contribution in [0.3, 0.4) is 0 Å². The molecule has 2 saturated carbocycles. The second kappa shape index (κ2) is 20.0. The summed E-state index contributed by atoms with van der Waals surface area (Å²) in [7, 11) is -0.855. The number of hydrogen-bond acceptors (Lipinski definition) is 12. The highest BCUT2D eigenvalue weighted by molar-refractivity contribution is 7.89. The van der Waals surface area contributed by atoms with Gasteiger partial charge in [0, 0.05) is 54.0 Å². The van der Waals surface area contributed by atoms with Crippen molar-refractivity contribution in [1.29, 1.82) is 0 Å². The van der Waals surface area contributed by atoms with Crippen LogP contribution < -0.4 is 30.7 Å². The summed E-state index contributed by atoms with van der Waals surface area (Å²) in [5.41, 5.74) is 1.58. The molecule has 2 aliphatic heterocycles. The predicted molar refractivity (Wildman–Crippen MR) is 254 cm³/mol. The number of sulfonamides is 1. The topological polar surface area (TPSA) is 221 Å². The average molecular weight is 955 g/mol. The van der Waals surface area contributed by atoms with Gasteiger partial charge in [0.05, 0.1) is 36.3 Å². The highest BCUT2D eigenvalue weighted by Gasteiger charge is 2.61. The zero-order chi connectivity index (χ0) is 47.5. The Morgan fingerprint density at radius 3 is 2.55 bits per heavy atom. The minimum absolute atomic E-state index is 0.0274.